The lowest BCUT2D eigenvalue weighted by Crippen LogP contribution is -2.58. The number of para-hydroxylation sites is 1. The molecule has 1 aromatic heterocycles. The first-order valence-electron chi connectivity index (χ1n) is 11.7. The summed E-state index contributed by atoms with van der Waals surface area (Å²) < 4.78 is 0. The summed E-state index contributed by atoms with van der Waals surface area (Å²) in [5, 5.41) is 35.7. The molecule has 0 aliphatic heterocycles. The Morgan fingerprint density at radius 1 is 0.919 bits per heavy atom. The average molecular weight is 520 g/mol. The largest absolute Gasteiger partial charge is 0.481 e. The van der Waals surface area contributed by atoms with Gasteiger partial charge >= 0.3 is 11.9 Å². The summed E-state index contributed by atoms with van der Waals surface area (Å²) in [4.78, 5) is 63.7. The number of aliphatic hydroxyl groups is 1. The number of carbonyl (C=O) groups excluding carboxylic acids is 3. The highest BCUT2D eigenvalue weighted by molar-refractivity contribution is 5.96. The lowest BCUT2D eigenvalue weighted by molar-refractivity contribution is -0.144. The van der Waals surface area contributed by atoms with E-state index in [1.54, 1.807) is 20.0 Å². The number of rotatable bonds is 14. The van der Waals surface area contributed by atoms with Gasteiger partial charge in [-0.1, -0.05) is 32.0 Å². The second-order valence-electron chi connectivity index (χ2n) is 9.10. The number of nitrogens with one attached hydrogen (secondary N) is 4. The van der Waals surface area contributed by atoms with Crippen molar-refractivity contribution < 1.29 is 39.3 Å². The molecule has 0 saturated heterocycles. The van der Waals surface area contributed by atoms with Gasteiger partial charge in [0.15, 0.2) is 0 Å². The molecule has 9 N–H and O–H groups in total. The van der Waals surface area contributed by atoms with E-state index in [1.165, 1.54) is 0 Å². The van der Waals surface area contributed by atoms with Gasteiger partial charge in [0.25, 0.3) is 0 Å². The molecule has 0 fully saturated rings. The van der Waals surface area contributed by atoms with Crippen LogP contribution in [-0.4, -0.2) is 80.7 Å². The van der Waals surface area contributed by atoms with Crippen LogP contribution in [0.1, 0.15) is 32.3 Å². The number of carboxylic acids is 2. The topological polar surface area (TPSA) is 224 Å². The van der Waals surface area contributed by atoms with Gasteiger partial charge in [-0.3, -0.25) is 19.2 Å². The number of aromatic amines is 1. The summed E-state index contributed by atoms with van der Waals surface area (Å²) in [6.07, 6.45) is 1.08. The summed E-state index contributed by atoms with van der Waals surface area (Å²) in [5.74, 6) is -5.64. The van der Waals surface area contributed by atoms with Gasteiger partial charge in [0, 0.05) is 17.1 Å². The average Bonchev–Trinajstić information content (AvgIpc) is 3.23. The van der Waals surface area contributed by atoms with E-state index in [1.807, 2.05) is 24.3 Å². The van der Waals surface area contributed by atoms with Gasteiger partial charge in [0.2, 0.25) is 17.7 Å². The van der Waals surface area contributed by atoms with Crippen LogP contribution in [0, 0.1) is 5.92 Å². The van der Waals surface area contributed by atoms with Crippen LogP contribution in [-0.2, 0) is 30.4 Å². The minimum Gasteiger partial charge on any atom is -0.481 e. The third-order valence-corrected chi connectivity index (χ3v) is 5.60. The number of hydrogen-bond donors (Lipinski definition) is 8. The molecule has 1 heterocycles. The van der Waals surface area contributed by atoms with Crippen LogP contribution < -0.4 is 21.7 Å². The number of aliphatic carboxylic acids is 2. The molecule has 0 bridgehead atoms. The second-order valence-corrected chi connectivity index (χ2v) is 9.10. The van der Waals surface area contributed by atoms with E-state index < -0.39 is 66.9 Å². The molecule has 2 rings (SSSR count). The Bertz CT molecular complexity index is 1130. The molecule has 13 heteroatoms. The number of amides is 3. The molecule has 2 aromatic rings. The monoisotopic (exact) mass is 519 g/mol. The summed E-state index contributed by atoms with van der Waals surface area (Å²) in [7, 11) is 0. The molecular formula is C24H33N5O8. The quantitative estimate of drug-likeness (QED) is 0.154. The molecule has 0 saturated carbocycles. The van der Waals surface area contributed by atoms with E-state index >= 15 is 0 Å². The highest BCUT2D eigenvalue weighted by Crippen LogP contribution is 2.18. The predicted molar refractivity (Wildman–Crippen MR) is 132 cm³/mol. The maximum atomic E-state index is 12.7. The van der Waals surface area contributed by atoms with Gasteiger partial charge in [-0.15, -0.1) is 0 Å². The van der Waals surface area contributed by atoms with Crippen molar-refractivity contribution in [2.45, 2.75) is 57.3 Å². The molecule has 37 heavy (non-hydrogen) atoms. The Morgan fingerprint density at radius 3 is 2.11 bits per heavy atom. The van der Waals surface area contributed by atoms with Crippen LogP contribution in [0.4, 0.5) is 0 Å². The molecule has 1 aromatic carbocycles. The van der Waals surface area contributed by atoms with E-state index in [0.717, 1.165) is 16.5 Å². The molecule has 0 spiro atoms. The second kappa shape index (κ2) is 13.4. The van der Waals surface area contributed by atoms with Gasteiger partial charge in [0.1, 0.15) is 18.1 Å². The first-order valence-corrected chi connectivity index (χ1v) is 11.7. The van der Waals surface area contributed by atoms with Crippen LogP contribution in [0.2, 0.25) is 0 Å². The molecule has 0 aliphatic carbocycles. The maximum Gasteiger partial charge on any atom is 0.326 e. The number of aromatic nitrogens is 1. The molecule has 3 amide bonds. The van der Waals surface area contributed by atoms with Crippen molar-refractivity contribution in [3.8, 4) is 0 Å². The fourth-order valence-corrected chi connectivity index (χ4v) is 3.72. The zero-order chi connectivity index (χ0) is 27.7. The SMILES string of the molecule is CC(C)CC(NC(=O)C(CC(=O)O)NC(=O)C(CO)NC(=O)C(N)Cc1c[nH]c2ccccc12)C(=O)O. The highest BCUT2D eigenvalue weighted by atomic mass is 16.4. The van der Waals surface area contributed by atoms with Crippen LogP contribution in [0.3, 0.4) is 0 Å². The normalized spacial score (nSPS) is 14.4. The van der Waals surface area contributed by atoms with Crippen LogP contribution in [0.15, 0.2) is 30.5 Å². The number of nitrogens with two attached hydrogens (primary N) is 1. The van der Waals surface area contributed by atoms with Gasteiger partial charge in [-0.05, 0) is 30.4 Å². The van der Waals surface area contributed by atoms with Crippen molar-refractivity contribution in [3.63, 3.8) is 0 Å². The minimum absolute atomic E-state index is 0.0818. The molecule has 0 aliphatic rings. The van der Waals surface area contributed by atoms with Crippen molar-refractivity contribution in [1.29, 1.82) is 0 Å². The number of H-pyrrole nitrogens is 1. The van der Waals surface area contributed by atoms with Crippen LogP contribution >= 0.6 is 0 Å². The van der Waals surface area contributed by atoms with Crippen molar-refractivity contribution in [1.82, 2.24) is 20.9 Å². The third kappa shape index (κ3) is 8.58. The van der Waals surface area contributed by atoms with Crippen molar-refractivity contribution in [2.75, 3.05) is 6.61 Å². The number of carbonyl (C=O) groups is 5. The molecule has 4 unspecified atom stereocenters. The molecular weight excluding hydrogens is 486 g/mol. The number of hydrogen-bond acceptors (Lipinski definition) is 7. The minimum atomic E-state index is -1.65. The molecule has 13 nitrogen and oxygen atoms in total. The van der Waals surface area contributed by atoms with E-state index in [0.29, 0.717) is 0 Å². The van der Waals surface area contributed by atoms with Gasteiger partial charge in [-0.2, -0.15) is 0 Å². The summed E-state index contributed by atoms with van der Waals surface area (Å²) >= 11 is 0. The van der Waals surface area contributed by atoms with E-state index in [-0.39, 0.29) is 18.8 Å². The first kappa shape index (κ1) is 29.3. The lowest BCUT2D eigenvalue weighted by Gasteiger charge is -2.24. The first-order chi connectivity index (χ1) is 17.4. The Hall–Kier alpha value is -3.97. The lowest BCUT2D eigenvalue weighted by atomic mass is 10.0. The molecule has 4 atom stereocenters. The predicted octanol–water partition coefficient (Wildman–Crippen LogP) is -0.910. The van der Waals surface area contributed by atoms with Crippen molar-refractivity contribution in [2.24, 2.45) is 11.7 Å². The summed E-state index contributed by atoms with van der Waals surface area (Å²) in [6.45, 7) is 2.64. The number of benzene rings is 1. The smallest absolute Gasteiger partial charge is 0.326 e. The molecule has 0 radical (unpaired) electrons. The van der Waals surface area contributed by atoms with Crippen molar-refractivity contribution >= 4 is 40.6 Å². The fourth-order valence-electron chi connectivity index (χ4n) is 3.72. The zero-order valence-corrected chi connectivity index (χ0v) is 20.6. The summed E-state index contributed by atoms with van der Waals surface area (Å²) in [6, 6.07) is 1.86. The Balaban J connectivity index is 2.05. The zero-order valence-electron chi connectivity index (χ0n) is 20.6. The fraction of sp³-hybridized carbons (Fsp3) is 0.458. The number of fused-ring (bicyclic) bond motifs is 1. The third-order valence-electron chi connectivity index (χ3n) is 5.60. The van der Waals surface area contributed by atoms with Gasteiger partial charge in [0.05, 0.1) is 19.1 Å². The van der Waals surface area contributed by atoms with E-state index in [4.69, 9.17) is 10.8 Å². The van der Waals surface area contributed by atoms with Gasteiger partial charge in [-0.25, -0.2) is 4.79 Å². The Kier molecular flexibility index (Phi) is 10.6. The Labute approximate surface area is 212 Å². The maximum absolute atomic E-state index is 12.7. The highest BCUT2D eigenvalue weighted by Gasteiger charge is 2.31. The number of carboxylic acid groups (broad SMARTS) is 2. The van der Waals surface area contributed by atoms with E-state index in [2.05, 4.69) is 20.9 Å². The van der Waals surface area contributed by atoms with Crippen molar-refractivity contribution in [3.05, 3.63) is 36.0 Å². The number of aliphatic hydroxyl groups excluding tert-OH is 1. The van der Waals surface area contributed by atoms with E-state index in [9.17, 15) is 34.2 Å². The van der Waals surface area contributed by atoms with Crippen LogP contribution in [0.25, 0.3) is 10.9 Å². The van der Waals surface area contributed by atoms with Gasteiger partial charge < -0.3 is 42.0 Å². The Morgan fingerprint density at radius 2 is 1.51 bits per heavy atom. The van der Waals surface area contributed by atoms with Crippen LogP contribution in [0.5, 0.6) is 0 Å². The summed E-state index contributed by atoms with van der Waals surface area (Å²) in [5.41, 5.74) is 7.64. The standard InChI is InChI=1S/C24H33N5O8/c1-12(2)7-18(24(36)37)28-22(34)17(9-20(31)32)27-23(35)19(11-30)29-21(33)15(25)8-13-10-26-16-6-4-3-5-14(13)16/h3-6,10,12,15,17-19,26,30H,7-9,11,25H2,1-2H3,(H,27,35)(H,28,34)(H,29,33)(H,31,32)(H,36,37). The molecule has 202 valence electrons.